The van der Waals surface area contributed by atoms with Gasteiger partial charge in [0, 0.05) is 26.2 Å². The summed E-state index contributed by atoms with van der Waals surface area (Å²) in [6.07, 6.45) is 1.48. The van der Waals surface area contributed by atoms with Crippen LogP contribution in [0.4, 0.5) is 0 Å². The van der Waals surface area contributed by atoms with Gasteiger partial charge in [-0.25, -0.2) is 13.1 Å². The number of sulfonamides is 1. The van der Waals surface area contributed by atoms with Crippen LogP contribution in [0, 0.1) is 0 Å². The van der Waals surface area contributed by atoms with Crippen LogP contribution < -0.4 is 24.8 Å². The van der Waals surface area contributed by atoms with E-state index < -0.39 is 10.0 Å². The van der Waals surface area contributed by atoms with E-state index in [2.05, 4.69) is 20.3 Å². The Morgan fingerprint density at radius 3 is 2.67 bits per heavy atom. The monoisotopic (exact) mass is 512 g/mol. The van der Waals surface area contributed by atoms with Gasteiger partial charge in [-0.05, 0) is 44.4 Å². The lowest BCUT2D eigenvalue weighted by molar-refractivity contribution is 0.174. The van der Waals surface area contributed by atoms with Gasteiger partial charge in [0.15, 0.2) is 17.5 Å². The molecule has 1 aliphatic heterocycles. The van der Waals surface area contributed by atoms with Gasteiger partial charge in [0.25, 0.3) is 0 Å². The number of hydrogen-bond acceptors (Lipinski definition) is 5. The molecule has 27 heavy (non-hydrogen) atoms. The van der Waals surface area contributed by atoms with Crippen molar-refractivity contribution in [3.05, 3.63) is 23.8 Å². The summed E-state index contributed by atoms with van der Waals surface area (Å²) >= 11 is 0. The molecule has 0 spiro atoms. The second-order valence-electron chi connectivity index (χ2n) is 5.78. The molecular weight excluding hydrogens is 483 g/mol. The molecule has 0 unspecified atom stereocenters. The van der Waals surface area contributed by atoms with Gasteiger partial charge in [-0.15, -0.1) is 24.0 Å². The Morgan fingerprint density at radius 2 is 1.93 bits per heavy atom. The first kappa shape index (κ1) is 23.8. The fourth-order valence-corrected chi connectivity index (χ4v) is 3.02. The molecule has 0 atom stereocenters. The third-order valence-electron chi connectivity index (χ3n) is 3.79. The van der Waals surface area contributed by atoms with E-state index in [9.17, 15) is 8.42 Å². The molecular formula is C17H29IN4O4S. The van der Waals surface area contributed by atoms with Gasteiger partial charge in [-0.3, -0.25) is 4.99 Å². The molecule has 0 aromatic heterocycles. The number of nitrogens with one attached hydrogen (secondary N) is 3. The lowest BCUT2D eigenvalue weighted by atomic mass is 10.1. The Morgan fingerprint density at radius 1 is 1.15 bits per heavy atom. The first-order chi connectivity index (χ1) is 12.5. The molecule has 8 nitrogen and oxygen atoms in total. The lowest BCUT2D eigenvalue weighted by Gasteiger charge is -2.11. The highest BCUT2D eigenvalue weighted by Gasteiger charge is 2.12. The fourth-order valence-electron chi connectivity index (χ4n) is 2.36. The minimum Gasteiger partial charge on any atom is -0.454 e. The van der Waals surface area contributed by atoms with Crippen LogP contribution in [0.1, 0.15) is 25.8 Å². The Kier molecular flexibility index (Phi) is 10.8. The summed E-state index contributed by atoms with van der Waals surface area (Å²) in [7, 11) is -3.13. The Hall–Kier alpha value is -1.27. The molecule has 0 saturated carbocycles. The zero-order chi connectivity index (χ0) is 18.8. The molecule has 1 aliphatic rings. The molecule has 0 bridgehead atoms. The second-order valence-corrected chi connectivity index (χ2v) is 7.87. The molecule has 1 aromatic carbocycles. The third kappa shape index (κ3) is 8.52. The average Bonchev–Trinajstić information content (AvgIpc) is 3.09. The Balaban J connectivity index is 0.00000364. The minimum absolute atomic E-state index is 0. The summed E-state index contributed by atoms with van der Waals surface area (Å²) in [6, 6.07) is 5.95. The van der Waals surface area contributed by atoms with Crippen molar-refractivity contribution in [2.24, 2.45) is 4.99 Å². The fraction of sp³-hybridized carbons (Fsp3) is 0.588. The number of guanidine groups is 1. The number of benzene rings is 1. The molecule has 3 N–H and O–H groups in total. The number of fused-ring (bicyclic) bond motifs is 1. The maximum atomic E-state index is 11.4. The van der Waals surface area contributed by atoms with Crippen molar-refractivity contribution < 1.29 is 17.9 Å². The van der Waals surface area contributed by atoms with E-state index in [1.807, 2.05) is 25.1 Å². The van der Waals surface area contributed by atoms with Gasteiger partial charge in [0.1, 0.15) is 0 Å². The van der Waals surface area contributed by atoms with E-state index in [1.54, 1.807) is 6.92 Å². The summed E-state index contributed by atoms with van der Waals surface area (Å²) in [5, 5.41) is 6.47. The molecule has 0 amide bonds. The number of hydrogen-bond donors (Lipinski definition) is 3. The third-order valence-corrected chi connectivity index (χ3v) is 5.20. The van der Waals surface area contributed by atoms with Gasteiger partial charge in [-0.2, -0.15) is 0 Å². The smallest absolute Gasteiger partial charge is 0.231 e. The predicted octanol–water partition coefficient (Wildman–Crippen LogP) is 1.46. The largest absolute Gasteiger partial charge is 0.454 e. The number of halogens is 1. The minimum atomic E-state index is -3.13. The summed E-state index contributed by atoms with van der Waals surface area (Å²) in [4.78, 5) is 4.46. The standard InChI is InChI=1S/C17H28N4O4S.HI/c1-3-18-17(19-9-5-10-21-26(22,23)4-2)20-11-8-14-6-7-15-16(12-14)25-13-24-15;/h6-7,12,21H,3-5,8-11,13H2,1-2H3,(H2,18,19,20);1H. The summed E-state index contributed by atoms with van der Waals surface area (Å²) in [5.74, 6) is 2.40. The first-order valence-corrected chi connectivity index (χ1v) is 10.6. The normalized spacial score (nSPS) is 13.2. The van der Waals surface area contributed by atoms with E-state index in [-0.39, 0.29) is 36.5 Å². The summed E-state index contributed by atoms with van der Waals surface area (Å²) in [6.45, 7) is 6.34. The van der Waals surface area contributed by atoms with E-state index in [1.165, 1.54) is 0 Å². The van der Waals surface area contributed by atoms with Crippen LogP contribution in [0.5, 0.6) is 11.5 Å². The van der Waals surface area contributed by atoms with Crippen LogP contribution >= 0.6 is 24.0 Å². The van der Waals surface area contributed by atoms with Crippen LogP contribution in [0.2, 0.25) is 0 Å². The quantitative estimate of drug-likeness (QED) is 0.190. The van der Waals surface area contributed by atoms with Crippen molar-refractivity contribution in [3.8, 4) is 11.5 Å². The number of ether oxygens (including phenoxy) is 2. The molecule has 0 aliphatic carbocycles. The van der Waals surface area contributed by atoms with Crippen molar-refractivity contribution >= 4 is 40.0 Å². The van der Waals surface area contributed by atoms with E-state index >= 15 is 0 Å². The average molecular weight is 512 g/mol. The highest BCUT2D eigenvalue weighted by molar-refractivity contribution is 14.0. The van der Waals surface area contributed by atoms with Crippen molar-refractivity contribution in [3.63, 3.8) is 0 Å². The maximum Gasteiger partial charge on any atom is 0.231 e. The molecule has 0 radical (unpaired) electrons. The SMILES string of the molecule is CCNC(=NCCCNS(=O)(=O)CC)NCCc1ccc2c(c1)OCO2.I. The molecule has 2 rings (SSSR count). The van der Waals surface area contributed by atoms with Gasteiger partial charge in [-0.1, -0.05) is 6.07 Å². The zero-order valence-electron chi connectivity index (χ0n) is 15.8. The number of aliphatic imine (C=N–C) groups is 1. The highest BCUT2D eigenvalue weighted by atomic mass is 127. The number of nitrogens with zero attached hydrogens (tertiary/aromatic N) is 1. The van der Waals surface area contributed by atoms with Crippen LogP contribution in [0.15, 0.2) is 23.2 Å². The van der Waals surface area contributed by atoms with E-state index in [0.717, 1.165) is 42.5 Å². The van der Waals surface area contributed by atoms with Crippen LogP contribution in [0.25, 0.3) is 0 Å². The molecule has 0 fully saturated rings. The van der Waals surface area contributed by atoms with Crippen molar-refractivity contribution in [1.82, 2.24) is 15.4 Å². The Labute approximate surface area is 178 Å². The van der Waals surface area contributed by atoms with Crippen LogP contribution in [-0.2, 0) is 16.4 Å². The lowest BCUT2D eigenvalue weighted by Crippen LogP contribution is -2.38. The zero-order valence-corrected chi connectivity index (χ0v) is 18.9. The second kappa shape index (κ2) is 12.2. The van der Waals surface area contributed by atoms with Crippen molar-refractivity contribution in [1.29, 1.82) is 0 Å². The Bertz CT molecular complexity index is 713. The van der Waals surface area contributed by atoms with Gasteiger partial charge in [0.2, 0.25) is 16.8 Å². The first-order valence-electron chi connectivity index (χ1n) is 8.92. The van der Waals surface area contributed by atoms with Gasteiger partial charge in [0.05, 0.1) is 5.75 Å². The van der Waals surface area contributed by atoms with Gasteiger partial charge < -0.3 is 20.1 Å². The summed E-state index contributed by atoms with van der Waals surface area (Å²) in [5.41, 5.74) is 1.16. The summed E-state index contributed by atoms with van der Waals surface area (Å²) < 4.78 is 36.0. The topological polar surface area (TPSA) is 101 Å². The maximum absolute atomic E-state index is 11.4. The molecule has 1 heterocycles. The van der Waals surface area contributed by atoms with E-state index in [0.29, 0.717) is 19.5 Å². The van der Waals surface area contributed by atoms with E-state index in [4.69, 9.17) is 9.47 Å². The van der Waals surface area contributed by atoms with Crippen molar-refractivity contribution in [2.75, 3.05) is 38.7 Å². The molecule has 154 valence electrons. The van der Waals surface area contributed by atoms with Crippen LogP contribution in [-0.4, -0.2) is 53.1 Å². The van der Waals surface area contributed by atoms with Crippen LogP contribution in [0.3, 0.4) is 0 Å². The van der Waals surface area contributed by atoms with Crippen molar-refractivity contribution in [2.45, 2.75) is 26.7 Å². The molecule has 10 heteroatoms. The van der Waals surface area contributed by atoms with Gasteiger partial charge >= 0.3 is 0 Å². The highest BCUT2D eigenvalue weighted by Crippen LogP contribution is 2.32. The number of rotatable bonds is 10. The molecule has 1 aromatic rings. The molecule has 0 saturated heterocycles. The predicted molar refractivity (Wildman–Crippen MR) is 118 cm³/mol.